The summed E-state index contributed by atoms with van der Waals surface area (Å²) in [6, 6.07) is 11.8. The van der Waals surface area contributed by atoms with E-state index >= 15 is 0 Å². The predicted molar refractivity (Wildman–Crippen MR) is 93.6 cm³/mol. The quantitative estimate of drug-likeness (QED) is 0.718. The van der Waals surface area contributed by atoms with Crippen molar-refractivity contribution >= 4 is 29.4 Å². The molecule has 1 atom stereocenters. The summed E-state index contributed by atoms with van der Waals surface area (Å²) in [7, 11) is 0. The summed E-state index contributed by atoms with van der Waals surface area (Å²) >= 11 is 7.97. The molecule has 108 valence electrons. The molecule has 0 radical (unpaired) electrons. The maximum Gasteiger partial charge on any atom is 0.136 e. The molecule has 0 amide bonds. The minimum Gasteiger partial charge on any atom is -0.244 e. The SMILES string of the molecule is N#Cc1c(C=CC2CC=CS2)cccc1-c1cccnc1Cl. The van der Waals surface area contributed by atoms with Crippen LogP contribution in [0.3, 0.4) is 0 Å². The van der Waals surface area contributed by atoms with Crippen molar-refractivity contribution in [3.8, 4) is 17.2 Å². The third-order valence-corrected chi connectivity index (χ3v) is 4.82. The summed E-state index contributed by atoms with van der Waals surface area (Å²) in [5, 5.41) is 12.6. The summed E-state index contributed by atoms with van der Waals surface area (Å²) in [6.07, 6.45) is 9.02. The first-order chi connectivity index (χ1) is 10.8. The van der Waals surface area contributed by atoms with Gasteiger partial charge in [0.25, 0.3) is 0 Å². The molecule has 0 bridgehead atoms. The highest BCUT2D eigenvalue weighted by Gasteiger charge is 2.12. The molecule has 4 heteroatoms. The molecule has 2 aromatic rings. The smallest absolute Gasteiger partial charge is 0.136 e. The molecule has 1 unspecified atom stereocenters. The van der Waals surface area contributed by atoms with E-state index in [1.54, 1.807) is 18.0 Å². The molecule has 1 aromatic heterocycles. The van der Waals surface area contributed by atoms with Gasteiger partial charge in [-0.3, -0.25) is 0 Å². The molecule has 0 spiro atoms. The van der Waals surface area contributed by atoms with Crippen molar-refractivity contribution in [3.63, 3.8) is 0 Å². The summed E-state index contributed by atoms with van der Waals surface area (Å²) in [4.78, 5) is 4.10. The van der Waals surface area contributed by atoms with Gasteiger partial charge in [-0.05, 0) is 29.5 Å². The Labute approximate surface area is 139 Å². The molecule has 22 heavy (non-hydrogen) atoms. The molecule has 1 aliphatic heterocycles. The van der Waals surface area contributed by atoms with Crippen LogP contribution in [0.1, 0.15) is 17.5 Å². The van der Waals surface area contributed by atoms with Gasteiger partial charge in [-0.15, -0.1) is 11.8 Å². The van der Waals surface area contributed by atoms with E-state index in [0.717, 1.165) is 23.1 Å². The van der Waals surface area contributed by atoms with Crippen molar-refractivity contribution in [1.29, 1.82) is 5.26 Å². The molecule has 1 aliphatic rings. The molecular weight excluding hydrogens is 312 g/mol. The maximum atomic E-state index is 9.58. The average Bonchev–Trinajstić information content (AvgIpc) is 3.06. The van der Waals surface area contributed by atoms with E-state index < -0.39 is 0 Å². The highest BCUT2D eigenvalue weighted by atomic mass is 35.5. The Hall–Kier alpha value is -2.02. The highest BCUT2D eigenvalue weighted by molar-refractivity contribution is 8.03. The predicted octanol–water partition coefficient (Wildman–Crippen LogP) is 5.31. The molecular formula is C18H13ClN2S. The van der Waals surface area contributed by atoms with Gasteiger partial charge >= 0.3 is 0 Å². The Morgan fingerprint density at radius 1 is 1.27 bits per heavy atom. The third kappa shape index (κ3) is 3.09. The number of rotatable bonds is 3. The Morgan fingerprint density at radius 3 is 2.86 bits per heavy atom. The van der Waals surface area contributed by atoms with E-state index in [0.29, 0.717) is 16.0 Å². The van der Waals surface area contributed by atoms with Crippen LogP contribution in [0.25, 0.3) is 17.2 Å². The van der Waals surface area contributed by atoms with Crippen LogP contribution in [0.15, 0.2) is 54.1 Å². The molecule has 3 rings (SSSR count). The number of halogens is 1. The van der Waals surface area contributed by atoms with Crippen LogP contribution in [-0.2, 0) is 0 Å². The van der Waals surface area contributed by atoms with E-state index in [-0.39, 0.29) is 0 Å². The van der Waals surface area contributed by atoms with E-state index in [9.17, 15) is 5.26 Å². The minimum atomic E-state index is 0.413. The van der Waals surface area contributed by atoms with Crippen LogP contribution in [0.5, 0.6) is 0 Å². The summed E-state index contributed by atoms with van der Waals surface area (Å²) < 4.78 is 0. The van der Waals surface area contributed by atoms with Crippen molar-refractivity contribution in [3.05, 3.63) is 70.4 Å². The first-order valence-electron chi connectivity index (χ1n) is 6.92. The second-order valence-corrected chi connectivity index (χ2v) is 6.37. The molecule has 0 aliphatic carbocycles. The van der Waals surface area contributed by atoms with Gasteiger partial charge in [-0.1, -0.05) is 48.0 Å². The zero-order valence-electron chi connectivity index (χ0n) is 11.7. The van der Waals surface area contributed by atoms with Gasteiger partial charge in [0.1, 0.15) is 11.2 Å². The summed E-state index contributed by atoms with van der Waals surface area (Å²) in [5.41, 5.74) is 3.14. The Morgan fingerprint density at radius 2 is 2.14 bits per heavy atom. The number of benzene rings is 1. The fourth-order valence-corrected chi connectivity index (χ4v) is 3.42. The normalized spacial score (nSPS) is 17.0. The Bertz CT molecular complexity index is 782. The first kappa shape index (κ1) is 14.9. The maximum absolute atomic E-state index is 9.58. The van der Waals surface area contributed by atoms with E-state index in [1.807, 2.05) is 36.4 Å². The first-order valence-corrected chi connectivity index (χ1v) is 8.24. The monoisotopic (exact) mass is 324 g/mol. The number of hydrogen-bond donors (Lipinski definition) is 0. The third-order valence-electron chi connectivity index (χ3n) is 3.47. The van der Waals surface area contributed by atoms with Gasteiger partial charge in [0.05, 0.1) is 5.56 Å². The average molecular weight is 325 g/mol. The second kappa shape index (κ2) is 6.83. The van der Waals surface area contributed by atoms with Crippen LogP contribution in [0.2, 0.25) is 5.15 Å². The standard InChI is InChI=1S/C18H13ClN2S/c19-18-16(7-2-10-21-18)15-6-1-4-13(17(15)12-20)8-9-14-5-3-11-22-14/h1-4,6-11,14H,5H2. The Kier molecular flexibility index (Phi) is 4.62. The van der Waals surface area contributed by atoms with Gasteiger partial charge in [-0.25, -0.2) is 4.98 Å². The van der Waals surface area contributed by atoms with Crippen LogP contribution < -0.4 is 0 Å². The van der Waals surface area contributed by atoms with Gasteiger partial charge in [0.15, 0.2) is 0 Å². The van der Waals surface area contributed by atoms with Gasteiger partial charge in [0, 0.05) is 22.6 Å². The number of aromatic nitrogens is 1. The molecule has 0 fully saturated rings. The lowest BCUT2D eigenvalue weighted by atomic mass is 9.96. The highest BCUT2D eigenvalue weighted by Crippen LogP contribution is 2.31. The molecule has 0 saturated heterocycles. The van der Waals surface area contributed by atoms with Gasteiger partial charge in [-0.2, -0.15) is 5.26 Å². The number of allylic oxidation sites excluding steroid dienone is 1. The van der Waals surface area contributed by atoms with E-state index in [2.05, 4.69) is 28.6 Å². The van der Waals surface area contributed by atoms with Gasteiger partial charge < -0.3 is 0 Å². The number of nitriles is 1. The number of pyridine rings is 1. The summed E-state index contributed by atoms with van der Waals surface area (Å²) in [5.74, 6) is 0. The van der Waals surface area contributed by atoms with Gasteiger partial charge in [0.2, 0.25) is 0 Å². The molecule has 2 heterocycles. The lowest BCUT2D eigenvalue weighted by molar-refractivity contribution is 1.10. The molecule has 1 aromatic carbocycles. The number of thioether (sulfide) groups is 1. The Balaban J connectivity index is 2.01. The lowest BCUT2D eigenvalue weighted by Crippen LogP contribution is -1.93. The van der Waals surface area contributed by atoms with Crippen LogP contribution in [0.4, 0.5) is 0 Å². The fourth-order valence-electron chi connectivity index (χ4n) is 2.38. The van der Waals surface area contributed by atoms with Crippen molar-refractivity contribution < 1.29 is 0 Å². The number of nitrogens with zero attached hydrogens (tertiary/aromatic N) is 2. The van der Waals surface area contributed by atoms with Crippen molar-refractivity contribution in [2.24, 2.45) is 0 Å². The molecule has 0 saturated carbocycles. The van der Waals surface area contributed by atoms with E-state index in [1.165, 1.54) is 0 Å². The zero-order chi connectivity index (χ0) is 15.4. The van der Waals surface area contributed by atoms with Crippen LogP contribution in [-0.4, -0.2) is 10.2 Å². The number of hydrogen-bond acceptors (Lipinski definition) is 3. The van der Waals surface area contributed by atoms with Crippen molar-refractivity contribution in [2.75, 3.05) is 0 Å². The van der Waals surface area contributed by atoms with Crippen LogP contribution in [0, 0.1) is 11.3 Å². The van der Waals surface area contributed by atoms with Crippen molar-refractivity contribution in [2.45, 2.75) is 11.7 Å². The minimum absolute atomic E-state index is 0.413. The molecule has 0 N–H and O–H groups in total. The largest absolute Gasteiger partial charge is 0.244 e. The fraction of sp³-hybridized carbons (Fsp3) is 0.111. The summed E-state index contributed by atoms with van der Waals surface area (Å²) in [6.45, 7) is 0. The lowest BCUT2D eigenvalue weighted by Gasteiger charge is -2.09. The molecule has 2 nitrogen and oxygen atoms in total. The topological polar surface area (TPSA) is 36.7 Å². The second-order valence-electron chi connectivity index (χ2n) is 4.86. The van der Waals surface area contributed by atoms with Crippen LogP contribution >= 0.6 is 23.4 Å². The zero-order valence-corrected chi connectivity index (χ0v) is 13.3. The van der Waals surface area contributed by atoms with Crippen molar-refractivity contribution in [1.82, 2.24) is 4.98 Å². The van der Waals surface area contributed by atoms with E-state index in [4.69, 9.17) is 11.6 Å².